The summed E-state index contributed by atoms with van der Waals surface area (Å²) in [4.78, 5) is 52.7. The predicted molar refractivity (Wildman–Crippen MR) is 193 cm³/mol. The monoisotopic (exact) mass is 678 g/mol. The van der Waals surface area contributed by atoms with Gasteiger partial charge in [0, 0.05) is 81.6 Å². The first-order valence-corrected chi connectivity index (χ1v) is 18.0. The summed E-state index contributed by atoms with van der Waals surface area (Å²) in [7, 11) is 2.17. The van der Waals surface area contributed by atoms with Crippen molar-refractivity contribution in [2.24, 2.45) is 0 Å². The van der Waals surface area contributed by atoms with Crippen molar-refractivity contribution in [3.8, 4) is 0 Å². The van der Waals surface area contributed by atoms with E-state index in [2.05, 4.69) is 32.0 Å². The highest BCUT2D eigenvalue weighted by Crippen LogP contribution is 2.30. The Morgan fingerprint density at radius 1 is 0.860 bits per heavy atom. The van der Waals surface area contributed by atoms with Crippen LogP contribution in [0.4, 0.5) is 4.79 Å². The fourth-order valence-corrected chi connectivity index (χ4v) is 8.40. The smallest absolute Gasteiger partial charge is 0.410 e. The van der Waals surface area contributed by atoms with Gasteiger partial charge in [0.2, 0.25) is 0 Å². The van der Waals surface area contributed by atoms with E-state index in [-0.39, 0.29) is 17.6 Å². The summed E-state index contributed by atoms with van der Waals surface area (Å²) < 4.78 is 7.99. The van der Waals surface area contributed by atoms with Gasteiger partial charge in [-0.3, -0.25) is 19.4 Å². The van der Waals surface area contributed by atoms with E-state index in [9.17, 15) is 14.4 Å². The van der Waals surface area contributed by atoms with E-state index in [0.29, 0.717) is 51.5 Å². The number of carbonyl (C=O) groups is 2. The molecule has 0 aliphatic carbocycles. The van der Waals surface area contributed by atoms with Gasteiger partial charge in [0.1, 0.15) is 0 Å². The molecule has 1 atom stereocenters. The third kappa shape index (κ3) is 6.26. The minimum atomic E-state index is -0.936. The zero-order chi connectivity index (χ0) is 34.4. The van der Waals surface area contributed by atoms with Crippen molar-refractivity contribution >= 4 is 44.7 Å². The Labute approximate surface area is 290 Å². The van der Waals surface area contributed by atoms with Crippen LogP contribution in [0.5, 0.6) is 0 Å². The second kappa shape index (κ2) is 13.6. The first-order chi connectivity index (χ1) is 24.3. The molecule has 5 heterocycles. The molecule has 12 nitrogen and oxygen atoms in total. The molecule has 0 saturated carbocycles. The number of imidazole rings is 1. The Morgan fingerprint density at radius 2 is 1.58 bits per heavy atom. The Balaban J connectivity index is 0.961. The zero-order valence-corrected chi connectivity index (χ0v) is 28.9. The number of hydrogen-bond donors (Lipinski definition) is 2. The molecule has 8 rings (SSSR count). The van der Waals surface area contributed by atoms with Crippen molar-refractivity contribution in [3.63, 3.8) is 0 Å². The van der Waals surface area contributed by atoms with Gasteiger partial charge >= 0.3 is 11.8 Å². The number of hydrogen-bond acceptors (Lipinski definition) is 7. The summed E-state index contributed by atoms with van der Waals surface area (Å²) >= 11 is 0. The maximum atomic E-state index is 14.2. The lowest BCUT2D eigenvalue weighted by atomic mass is 9.99. The second-order valence-electron chi connectivity index (χ2n) is 14.4. The minimum Gasteiger partial charge on any atom is -0.436 e. The summed E-state index contributed by atoms with van der Waals surface area (Å²) in [5.74, 6) is -0.132. The van der Waals surface area contributed by atoms with Crippen LogP contribution in [0.2, 0.25) is 0 Å². The Morgan fingerprint density at radius 3 is 2.36 bits per heavy atom. The van der Waals surface area contributed by atoms with Crippen LogP contribution in [0, 0.1) is 6.92 Å². The molecule has 2 N–H and O–H groups in total. The summed E-state index contributed by atoms with van der Waals surface area (Å²) in [6, 6.07) is 16.6. The minimum absolute atomic E-state index is 0.0508. The molecule has 5 aromatic rings. The van der Waals surface area contributed by atoms with Gasteiger partial charge in [-0.05, 0) is 68.3 Å². The number of piperidine rings is 2. The number of aromatic nitrogens is 4. The maximum Gasteiger partial charge on any atom is 0.410 e. The first-order valence-electron chi connectivity index (χ1n) is 18.0. The normalized spacial score (nSPS) is 19.5. The van der Waals surface area contributed by atoms with Gasteiger partial charge in [-0.2, -0.15) is 5.10 Å². The second-order valence-corrected chi connectivity index (χ2v) is 14.4. The van der Waals surface area contributed by atoms with Crippen molar-refractivity contribution in [2.75, 3.05) is 59.4 Å². The molecular formula is C38H46N8O4. The molecule has 0 spiro atoms. The SMILES string of the molecule is Cc1cc(CC(OC(=O)N2CCC(n3c(=O)[nH]c4c5ccccc5ccc43)CC2)C(=O)N2CCC(N3CCN(C)CC3)CC2)cc2cn[nH]c12. The fraction of sp³-hybridized carbons (Fsp3) is 0.474. The number of benzene rings is 3. The highest BCUT2D eigenvalue weighted by atomic mass is 16.6. The number of likely N-dealkylation sites (tertiary alicyclic amines) is 2. The van der Waals surface area contributed by atoms with Gasteiger partial charge in [-0.25, -0.2) is 9.59 Å². The van der Waals surface area contributed by atoms with Crippen molar-refractivity contribution in [1.29, 1.82) is 0 Å². The number of likely N-dealkylation sites (N-methyl/N-ethyl adjacent to an activating group) is 1. The van der Waals surface area contributed by atoms with Crippen LogP contribution in [0.25, 0.3) is 32.7 Å². The van der Waals surface area contributed by atoms with Gasteiger partial charge in [0.05, 0.1) is 22.7 Å². The van der Waals surface area contributed by atoms with Crippen molar-refractivity contribution in [2.45, 2.75) is 57.2 Å². The highest BCUT2D eigenvalue weighted by molar-refractivity contribution is 6.04. The van der Waals surface area contributed by atoms with Crippen LogP contribution in [0.15, 0.2) is 59.5 Å². The molecule has 2 amide bonds. The maximum absolute atomic E-state index is 14.2. The average Bonchev–Trinajstić information content (AvgIpc) is 3.76. The molecule has 1 unspecified atom stereocenters. The van der Waals surface area contributed by atoms with Crippen LogP contribution in [0.1, 0.15) is 42.9 Å². The summed E-state index contributed by atoms with van der Waals surface area (Å²) in [5, 5.41) is 10.3. The predicted octanol–water partition coefficient (Wildman–Crippen LogP) is 4.29. The van der Waals surface area contributed by atoms with E-state index in [1.165, 1.54) is 0 Å². The van der Waals surface area contributed by atoms with E-state index >= 15 is 0 Å². The Bertz CT molecular complexity index is 2080. The average molecular weight is 679 g/mol. The summed E-state index contributed by atoms with van der Waals surface area (Å²) in [6.45, 7) is 8.48. The fourth-order valence-electron chi connectivity index (χ4n) is 8.40. The standard InChI is InChI=1S/C38H46N8O4/c1-25-21-26(22-28-24-39-41-34(25)28)23-33(36(47)44-13-9-29(10-14-44)43-19-17-42(2)18-20-43)50-38(49)45-15-11-30(12-16-45)46-32-8-7-27-5-3-4-6-31(27)35(32)40-37(46)48/h3-8,21-22,24,29-30,33H,9-20,23H2,1-2H3,(H,39,41)(H,40,48). The van der Waals surface area contributed by atoms with Gasteiger partial charge in [-0.15, -0.1) is 0 Å². The number of rotatable bonds is 6. The van der Waals surface area contributed by atoms with Gasteiger partial charge in [0.15, 0.2) is 6.10 Å². The number of nitrogens with zero attached hydrogens (tertiary/aromatic N) is 6. The van der Waals surface area contributed by atoms with E-state index in [1.54, 1.807) is 11.1 Å². The van der Waals surface area contributed by atoms with Crippen LogP contribution in [-0.2, 0) is 16.0 Å². The molecule has 262 valence electrons. The van der Waals surface area contributed by atoms with Crippen molar-refractivity contribution < 1.29 is 14.3 Å². The number of aryl methyl sites for hydroxylation is 1. The van der Waals surface area contributed by atoms with Crippen LogP contribution < -0.4 is 5.69 Å². The molecule has 3 aromatic carbocycles. The number of amides is 2. The van der Waals surface area contributed by atoms with E-state index in [0.717, 1.165) is 82.9 Å². The molecule has 2 aromatic heterocycles. The molecule has 12 heteroatoms. The largest absolute Gasteiger partial charge is 0.436 e. The number of nitrogens with one attached hydrogen (secondary N) is 2. The lowest BCUT2D eigenvalue weighted by Crippen LogP contribution is -2.54. The third-order valence-electron chi connectivity index (χ3n) is 11.3. The first kappa shape index (κ1) is 32.5. The number of carbonyl (C=O) groups excluding carboxylic acids is 2. The number of piperazine rings is 1. The molecule has 0 radical (unpaired) electrons. The zero-order valence-electron chi connectivity index (χ0n) is 28.9. The molecule has 3 fully saturated rings. The Hall–Kier alpha value is -4.68. The van der Waals surface area contributed by atoms with E-state index in [1.807, 2.05) is 64.9 Å². The Kier molecular flexibility index (Phi) is 8.82. The summed E-state index contributed by atoms with van der Waals surface area (Å²) in [5.41, 5.74) is 4.51. The molecular weight excluding hydrogens is 632 g/mol. The topological polar surface area (TPSA) is 123 Å². The quantitative estimate of drug-likeness (QED) is 0.275. The highest BCUT2D eigenvalue weighted by Gasteiger charge is 2.35. The molecule has 50 heavy (non-hydrogen) atoms. The molecule has 3 saturated heterocycles. The molecule has 3 aliphatic heterocycles. The number of fused-ring (bicyclic) bond motifs is 4. The third-order valence-corrected chi connectivity index (χ3v) is 11.3. The van der Waals surface area contributed by atoms with Crippen molar-refractivity contribution in [1.82, 2.24) is 39.3 Å². The van der Waals surface area contributed by atoms with Gasteiger partial charge in [0.25, 0.3) is 5.91 Å². The lowest BCUT2D eigenvalue weighted by molar-refractivity contribution is -0.142. The van der Waals surface area contributed by atoms with Gasteiger partial charge < -0.3 is 24.4 Å². The lowest BCUT2D eigenvalue weighted by Gasteiger charge is -2.42. The number of H-pyrrole nitrogens is 2. The van der Waals surface area contributed by atoms with Gasteiger partial charge in [-0.1, -0.05) is 36.4 Å². The van der Waals surface area contributed by atoms with Crippen LogP contribution >= 0.6 is 0 Å². The van der Waals surface area contributed by atoms with E-state index < -0.39 is 12.2 Å². The molecule has 3 aliphatic rings. The van der Waals surface area contributed by atoms with Crippen LogP contribution in [0.3, 0.4) is 0 Å². The number of aromatic amines is 2. The van der Waals surface area contributed by atoms with Crippen molar-refractivity contribution in [3.05, 3.63) is 76.3 Å². The van der Waals surface area contributed by atoms with Crippen LogP contribution in [-0.4, -0.2) is 123 Å². The summed E-state index contributed by atoms with van der Waals surface area (Å²) in [6.07, 6.45) is 3.73. The number of ether oxygens (including phenoxy) is 1. The molecule has 0 bridgehead atoms. The van der Waals surface area contributed by atoms with E-state index in [4.69, 9.17) is 4.74 Å².